The van der Waals surface area contributed by atoms with Crippen LogP contribution >= 0.6 is 0 Å². The molecule has 1 aromatic carbocycles. The van der Waals surface area contributed by atoms with Crippen molar-refractivity contribution < 1.29 is 9.47 Å². The highest BCUT2D eigenvalue weighted by molar-refractivity contribution is 5.38. The Kier molecular flexibility index (Phi) is 3.90. The Hall–Kier alpha value is -1.02. The van der Waals surface area contributed by atoms with Crippen molar-refractivity contribution in [2.75, 3.05) is 0 Å². The van der Waals surface area contributed by atoms with Gasteiger partial charge >= 0.3 is 0 Å². The lowest BCUT2D eigenvalue weighted by atomic mass is 9.96. The van der Waals surface area contributed by atoms with E-state index < -0.39 is 0 Å². The SMILES string of the molecule is Cc1ccc(C(C)C)cc1OC1CC(C)(C)OC1(C)C. The minimum atomic E-state index is -0.246. The molecule has 1 aliphatic heterocycles. The summed E-state index contributed by atoms with van der Waals surface area (Å²) in [7, 11) is 0. The van der Waals surface area contributed by atoms with Crippen LogP contribution in [0.4, 0.5) is 0 Å². The van der Waals surface area contributed by atoms with E-state index in [1.165, 1.54) is 11.1 Å². The summed E-state index contributed by atoms with van der Waals surface area (Å²) in [6.45, 7) is 15.0. The summed E-state index contributed by atoms with van der Waals surface area (Å²) >= 11 is 0. The van der Waals surface area contributed by atoms with E-state index in [-0.39, 0.29) is 17.3 Å². The first-order chi connectivity index (χ1) is 9.11. The van der Waals surface area contributed by atoms with Crippen LogP contribution in [-0.2, 0) is 4.74 Å². The van der Waals surface area contributed by atoms with E-state index in [0.717, 1.165) is 12.2 Å². The van der Waals surface area contributed by atoms with E-state index in [4.69, 9.17) is 9.47 Å². The monoisotopic (exact) mass is 276 g/mol. The molecule has 1 saturated heterocycles. The second-order valence-electron chi connectivity index (χ2n) is 7.46. The Morgan fingerprint density at radius 2 is 1.85 bits per heavy atom. The lowest BCUT2D eigenvalue weighted by Gasteiger charge is -2.28. The summed E-state index contributed by atoms with van der Waals surface area (Å²) in [5.41, 5.74) is 2.15. The average Bonchev–Trinajstić information content (AvgIpc) is 2.49. The van der Waals surface area contributed by atoms with Crippen LogP contribution < -0.4 is 4.74 Å². The number of benzene rings is 1. The molecule has 1 aromatic rings. The smallest absolute Gasteiger partial charge is 0.130 e. The maximum atomic E-state index is 6.32. The van der Waals surface area contributed by atoms with Crippen LogP contribution in [0.25, 0.3) is 0 Å². The number of hydrogen-bond donors (Lipinski definition) is 0. The van der Waals surface area contributed by atoms with Gasteiger partial charge in [-0.2, -0.15) is 0 Å². The second kappa shape index (κ2) is 5.07. The molecular weight excluding hydrogens is 248 g/mol. The number of hydrogen-bond acceptors (Lipinski definition) is 2. The molecule has 0 aromatic heterocycles. The van der Waals surface area contributed by atoms with Gasteiger partial charge in [0, 0.05) is 6.42 Å². The van der Waals surface area contributed by atoms with Crippen LogP contribution in [0.5, 0.6) is 5.75 Å². The predicted molar refractivity (Wildman–Crippen MR) is 83.5 cm³/mol. The van der Waals surface area contributed by atoms with Crippen molar-refractivity contribution in [1.29, 1.82) is 0 Å². The second-order valence-corrected chi connectivity index (χ2v) is 7.46. The Balaban J connectivity index is 2.24. The normalized spacial score (nSPS) is 24.1. The maximum absolute atomic E-state index is 6.32. The molecule has 1 heterocycles. The molecule has 0 aliphatic carbocycles. The molecule has 20 heavy (non-hydrogen) atoms. The van der Waals surface area contributed by atoms with Crippen molar-refractivity contribution in [3.8, 4) is 5.75 Å². The van der Waals surface area contributed by atoms with Gasteiger partial charge in [-0.25, -0.2) is 0 Å². The zero-order chi connectivity index (χ0) is 15.1. The van der Waals surface area contributed by atoms with Gasteiger partial charge < -0.3 is 9.47 Å². The molecule has 0 amide bonds. The fourth-order valence-electron chi connectivity index (χ4n) is 2.95. The topological polar surface area (TPSA) is 18.5 Å². The van der Waals surface area contributed by atoms with Gasteiger partial charge in [0.15, 0.2) is 0 Å². The maximum Gasteiger partial charge on any atom is 0.130 e. The average molecular weight is 276 g/mol. The van der Waals surface area contributed by atoms with Gasteiger partial charge in [0.2, 0.25) is 0 Å². The van der Waals surface area contributed by atoms with E-state index in [2.05, 4.69) is 66.7 Å². The molecule has 1 aliphatic rings. The third-order valence-electron chi connectivity index (χ3n) is 4.14. The molecule has 1 unspecified atom stereocenters. The summed E-state index contributed by atoms with van der Waals surface area (Å²) in [6.07, 6.45) is 1.02. The summed E-state index contributed by atoms with van der Waals surface area (Å²) in [4.78, 5) is 0. The van der Waals surface area contributed by atoms with E-state index in [0.29, 0.717) is 5.92 Å². The molecule has 1 fully saturated rings. The van der Waals surface area contributed by atoms with Gasteiger partial charge in [-0.3, -0.25) is 0 Å². The van der Waals surface area contributed by atoms with Crippen molar-refractivity contribution in [2.45, 2.75) is 78.1 Å². The van der Waals surface area contributed by atoms with Crippen molar-refractivity contribution in [3.05, 3.63) is 29.3 Å². The quantitative estimate of drug-likeness (QED) is 0.786. The Morgan fingerprint density at radius 1 is 1.20 bits per heavy atom. The first-order valence-electron chi connectivity index (χ1n) is 7.58. The lowest BCUT2D eigenvalue weighted by molar-refractivity contribution is -0.0846. The summed E-state index contributed by atoms with van der Waals surface area (Å²) < 4.78 is 12.4. The fourth-order valence-corrected chi connectivity index (χ4v) is 2.95. The lowest BCUT2D eigenvalue weighted by Crippen LogP contribution is -2.36. The number of rotatable bonds is 3. The van der Waals surface area contributed by atoms with E-state index >= 15 is 0 Å². The van der Waals surface area contributed by atoms with E-state index in [1.807, 2.05) is 0 Å². The molecule has 1 atom stereocenters. The largest absolute Gasteiger partial charge is 0.487 e. The van der Waals surface area contributed by atoms with Crippen LogP contribution in [0.1, 0.15) is 65.0 Å². The summed E-state index contributed by atoms with van der Waals surface area (Å²) in [6, 6.07) is 6.52. The Labute approximate surface area is 123 Å². The summed E-state index contributed by atoms with van der Waals surface area (Å²) in [5, 5.41) is 0. The number of ether oxygens (including phenoxy) is 2. The third-order valence-corrected chi connectivity index (χ3v) is 4.14. The van der Waals surface area contributed by atoms with Crippen LogP contribution in [0.15, 0.2) is 18.2 Å². The highest BCUT2D eigenvalue weighted by atomic mass is 16.6. The van der Waals surface area contributed by atoms with Gasteiger partial charge in [-0.15, -0.1) is 0 Å². The Morgan fingerprint density at radius 3 is 2.35 bits per heavy atom. The zero-order valence-corrected chi connectivity index (χ0v) is 13.9. The van der Waals surface area contributed by atoms with Crippen molar-refractivity contribution in [3.63, 3.8) is 0 Å². The van der Waals surface area contributed by atoms with Gasteiger partial charge in [0.25, 0.3) is 0 Å². The van der Waals surface area contributed by atoms with Crippen LogP contribution in [0, 0.1) is 6.92 Å². The van der Waals surface area contributed by atoms with Crippen LogP contribution in [0.3, 0.4) is 0 Å². The summed E-state index contributed by atoms with van der Waals surface area (Å²) in [5.74, 6) is 1.51. The molecule has 2 nitrogen and oxygen atoms in total. The molecule has 112 valence electrons. The van der Waals surface area contributed by atoms with E-state index in [1.54, 1.807) is 0 Å². The molecule has 0 saturated carbocycles. The van der Waals surface area contributed by atoms with Crippen LogP contribution in [0.2, 0.25) is 0 Å². The van der Waals surface area contributed by atoms with Gasteiger partial charge in [0.05, 0.1) is 5.60 Å². The van der Waals surface area contributed by atoms with E-state index in [9.17, 15) is 0 Å². The standard InChI is InChI=1S/C18H28O2/c1-12(2)14-9-8-13(3)15(10-14)19-16-11-17(4,5)20-18(16,6)7/h8-10,12,16H,11H2,1-7H3. The van der Waals surface area contributed by atoms with Crippen molar-refractivity contribution in [1.82, 2.24) is 0 Å². The van der Waals surface area contributed by atoms with Gasteiger partial charge in [-0.05, 0) is 57.7 Å². The highest BCUT2D eigenvalue weighted by Crippen LogP contribution is 2.40. The third kappa shape index (κ3) is 3.17. The highest BCUT2D eigenvalue weighted by Gasteiger charge is 2.47. The molecule has 2 rings (SSSR count). The minimum absolute atomic E-state index is 0.0959. The first kappa shape index (κ1) is 15.4. The fraction of sp³-hybridized carbons (Fsp3) is 0.667. The molecule has 2 heteroatoms. The molecule has 0 bridgehead atoms. The zero-order valence-electron chi connectivity index (χ0n) is 13.9. The molecular formula is C18H28O2. The van der Waals surface area contributed by atoms with Crippen molar-refractivity contribution >= 4 is 0 Å². The minimum Gasteiger partial charge on any atom is -0.487 e. The molecule has 0 N–H and O–H groups in total. The molecule has 0 radical (unpaired) electrons. The Bertz CT molecular complexity index is 486. The molecule has 0 spiro atoms. The van der Waals surface area contributed by atoms with Gasteiger partial charge in [0.1, 0.15) is 17.5 Å². The van der Waals surface area contributed by atoms with Gasteiger partial charge in [-0.1, -0.05) is 26.0 Å². The number of aryl methyl sites for hydroxylation is 1. The van der Waals surface area contributed by atoms with Crippen molar-refractivity contribution in [2.24, 2.45) is 0 Å². The first-order valence-corrected chi connectivity index (χ1v) is 7.58. The van der Waals surface area contributed by atoms with Crippen LogP contribution in [-0.4, -0.2) is 17.3 Å². The predicted octanol–water partition coefficient (Wildman–Crippen LogP) is 4.84.